The zero-order valence-electron chi connectivity index (χ0n) is 49.2. The Bertz CT molecular complexity index is 3560. The summed E-state index contributed by atoms with van der Waals surface area (Å²) in [6.45, 7) is 5.49. The monoisotopic (exact) mass is 1230 g/mol. The number of benzene rings is 5. The Morgan fingerprint density at radius 1 is 0.721 bits per heavy atom. The summed E-state index contributed by atoms with van der Waals surface area (Å²) in [5, 5.41) is 18.0. The lowest BCUT2D eigenvalue weighted by Gasteiger charge is -2.26. The van der Waals surface area contributed by atoms with Crippen LogP contribution in [0.4, 0.5) is 17.1 Å². The van der Waals surface area contributed by atoms with Gasteiger partial charge in [-0.2, -0.15) is 8.42 Å². The number of methoxy groups -OCH3 is 1. The maximum absolute atomic E-state index is 14.2. The number of nitrogens with zero attached hydrogens (tertiary/aromatic N) is 2. The second kappa shape index (κ2) is 27.6. The summed E-state index contributed by atoms with van der Waals surface area (Å²) in [6, 6.07) is 28.0. The van der Waals surface area contributed by atoms with E-state index in [9.17, 15) is 47.1 Å². The highest BCUT2D eigenvalue weighted by molar-refractivity contribution is 8.77. The van der Waals surface area contributed by atoms with Crippen LogP contribution in [0.1, 0.15) is 125 Å². The number of Topliss-reactive ketones (excluding diaryl/α,β-unsaturated/α-hetero) is 2. The molecule has 4 heterocycles. The molecule has 5 amide bonds. The van der Waals surface area contributed by atoms with Gasteiger partial charge in [0.15, 0.2) is 22.5 Å². The Kier molecular flexibility index (Phi) is 20.3. The molecule has 9 rings (SSSR count). The molecule has 0 saturated heterocycles. The Balaban J connectivity index is 0.812. The van der Waals surface area contributed by atoms with Gasteiger partial charge in [0.1, 0.15) is 24.7 Å². The summed E-state index contributed by atoms with van der Waals surface area (Å²) in [6.07, 6.45) is 2.43. The average Bonchev–Trinajstić information content (AvgIpc) is 1.94. The van der Waals surface area contributed by atoms with E-state index < -0.39 is 45.2 Å². The number of carbonyl (C=O) groups excluding carboxylic acids is 7. The number of aryl methyl sites for hydroxylation is 2. The van der Waals surface area contributed by atoms with Crippen LogP contribution in [0, 0.1) is 6.92 Å². The highest BCUT2D eigenvalue weighted by Gasteiger charge is 2.42. The Hall–Kier alpha value is -7.24. The van der Waals surface area contributed by atoms with Crippen molar-refractivity contribution in [3.05, 3.63) is 141 Å². The largest absolute Gasteiger partial charge is 0.493 e. The summed E-state index contributed by atoms with van der Waals surface area (Å²) >= 11 is 0. The first-order valence-electron chi connectivity index (χ1n) is 28.8. The molecule has 0 saturated carbocycles. The molecule has 0 radical (unpaired) electrons. The number of ether oxygens (including phenoxy) is 3. The SMILES string of the molecule is CNC(=O)C(CCSSC(C)(C)CCC(=O)CCC(=O)NCC(=O)CCC(=O)Nc1cc(COc2cc3c(cc2C)C(=O)N2c4ccccc4C[C@H]2C(O)C3)cc(COc2cc3c(cc2OC)C(=O)N2c4ccccc4C[C@H]2CC3)c1)S(=O)(=O)OC. The van der Waals surface area contributed by atoms with Crippen molar-refractivity contribution in [3.63, 3.8) is 0 Å². The summed E-state index contributed by atoms with van der Waals surface area (Å²) in [5.41, 5.74) is 8.91. The van der Waals surface area contributed by atoms with Crippen LogP contribution >= 0.6 is 21.6 Å². The van der Waals surface area contributed by atoms with Crippen LogP contribution in [0.5, 0.6) is 17.2 Å². The summed E-state index contributed by atoms with van der Waals surface area (Å²) < 4.78 is 47.4. The van der Waals surface area contributed by atoms with Crippen LogP contribution in [-0.2, 0) is 77.2 Å². The van der Waals surface area contributed by atoms with Gasteiger partial charge < -0.3 is 45.1 Å². The fourth-order valence-corrected chi connectivity index (χ4v) is 15.3. The summed E-state index contributed by atoms with van der Waals surface area (Å²) in [5.74, 6) is -0.687. The maximum atomic E-state index is 14.2. The standard InChI is InChI=1S/C64H73N5O14S3/c1-38-25-49-44(31-54(72)53-30-43-12-8-10-14-52(43)69(53)63(49)77)33-55(38)82-36-39-26-40(37-83-57-32-41-15-16-46-29-42-11-7-9-13-51(42)68(46)62(76)50(41)34-56(57)80-5)28-45(27-39)67-60(74)20-18-48(71)35-66-59(73)19-17-47(70)21-23-64(2,3)85-84-24-22-58(61(75)65-4)86(78,79)81-6/h7-14,25-28,32-34,46,53-54,58,72H,15-24,29-31,35-37H2,1-6H3,(H,65,75)(H,66,73)(H,67,74)/t46-,53+,54?,58?/m1/s1. The molecule has 4 aliphatic heterocycles. The smallest absolute Gasteiger partial charge is 0.279 e. The number of hydrogen-bond acceptors (Lipinski definition) is 16. The van der Waals surface area contributed by atoms with Gasteiger partial charge in [0.2, 0.25) is 17.7 Å². The van der Waals surface area contributed by atoms with Crippen molar-refractivity contribution < 1.29 is 65.5 Å². The number of amides is 5. The molecule has 5 aromatic carbocycles. The fraction of sp³-hybridized carbons (Fsp3) is 0.422. The first-order chi connectivity index (χ1) is 41.1. The molecule has 5 aromatic rings. The predicted molar refractivity (Wildman–Crippen MR) is 331 cm³/mol. The first-order valence-corrected chi connectivity index (χ1v) is 32.6. The van der Waals surface area contributed by atoms with Gasteiger partial charge in [-0.3, -0.25) is 37.7 Å². The minimum Gasteiger partial charge on any atom is -0.493 e. The molecular formula is C64H73N5O14S3. The Morgan fingerprint density at radius 2 is 1.35 bits per heavy atom. The van der Waals surface area contributed by atoms with Gasteiger partial charge in [0.25, 0.3) is 21.9 Å². The highest BCUT2D eigenvalue weighted by Crippen LogP contribution is 2.43. The van der Waals surface area contributed by atoms with E-state index in [4.69, 9.17) is 14.2 Å². The van der Waals surface area contributed by atoms with Gasteiger partial charge in [0.05, 0.1) is 32.9 Å². The van der Waals surface area contributed by atoms with E-state index in [-0.39, 0.29) is 98.9 Å². The van der Waals surface area contributed by atoms with Crippen molar-refractivity contribution in [2.24, 2.45) is 0 Å². The average molecular weight is 1230 g/mol. The first kappa shape index (κ1) is 63.3. The molecule has 4 atom stereocenters. The second-order valence-corrected chi connectivity index (χ2v) is 27.7. The minimum absolute atomic E-state index is 0.0245. The van der Waals surface area contributed by atoms with Gasteiger partial charge in [-0.05, 0) is 153 Å². The molecule has 2 unspecified atom stereocenters. The van der Waals surface area contributed by atoms with Gasteiger partial charge >= 0.3 is 0 Å². The molecule has 4 N–H and O–H groups in total. The van der Waals surface area contributed by atoms with E-state index in [1.54, 1.807) is 23.1 Å². The van der Waals surface area contributed by atoms with E-state index in [2.05, 4.69) is 26.2 Å². The van der Waals surface area contributed by atoms with Gasteiger partial charge in [0, 0.05) is 90.3 Å². The predicted octanol–water partition coefficient (Wildman–Crippen LogP) is 8.34. The fourth-order valence-electron chi connectivity index (χ4n) is 11.5. The van der Waals surface area contributed by atoms with Crippen molar-refractivity contribution in [1.29, 1.82) is 0 Å². The minimum atomic E-state index is -4.06. The van der Waals surface area contributed by atoms with Crippen LogP contribution in [0.25, 0.3) is 0 Å². The Morgan fingerprint density at radius 3 is 2.05 bits per heavy atom. The number of carbonyl (C=O) groups is 7. The number of hydrogen-bond donors (Lipinski definition) is 4. The van der Waals surface area contributed by atoms with Crippen LogP contribution < -0.4 is 40.0 Å². The maximum Gasteiger partial charge on any atom is 0.279 e. The van der Waals surface area contributed by atoms with Crippen molar-refractivity contribution in [2.45, 2.75) is 139 Å². The number of aliphatic hydroxyl groups is 1. The number of aliphatic hydroxyl groups excluding tert-OH is 1. The third-order valence-electron chi connectivity index (χ3n) is 16.1. The molecular weight excluding hydrogens is 1160 g/mol. The number of fused-ring (bicyclic) bond motifs is 8. The van der Waals surface area contributed by atoms with E-state index in [0.717, 1.165) is 53.6 Å². The highest BCUT2D eigenvalue weighted by atomic mass is 33.1. The van der Waals surface area contributed by atoms with E-state index in [1.807, 2.05) is 92.4 Å². The van der Waals surface area contributed by atoms with Gasteiger partial charge in [-0.25, -0.2) is 0 Å². The second-order valence-electron chi connectivity index (χ2n) is 22.7. The third-order valence-corrected chi connectivity index (χ3v) is 21.1. The zero-order valence-corrected chi connectivity index (χ0v) is 51.6. The summed E-state index contributed by atoms with van der Waals surface area (Å²) in [7, 11) is 2.69. The van der Waals surface area contributed by atoms with Crippen molar-refractivity contribution in [1.82, 2.24) is 10.6 Å². The molecule has 0 fully saturated rings. The van der Waals surface area contributed by atoms with Crippen LogP contribution in [0.2, 0.25) is 0 Å². The molecule has 22 heteroatoms. The number of rotatable bonds is 27. The number of nitrogens with one attached hydrogen (secondary N) is 3. The van der Waals surface area contributed by atoms with Crippen molar-refractivity contribution >= 4 is 89.9 Å². The van der Waals surface area contributed by atoms with Crippen LogP contribution in [0.3, 0.4) is 0 Å². The Labute approximate surface area is 509 Å². The molecule has 0 bridgehead atoms. The number of anilines is 3. The quantitative estimate of drug-likeness (QED) is 0.0219. The third kappa shape index (κ3) is 14.9. The lowest BCUT2D eigenvalue weighted by atomic mass is 9.96. The summed E-state index contributed by atoms with van der Waals surface area (Å²) in [4.78, 5) is 96.2. The van der Waals surface area contributed by atoms with E-state index in [0.29, 0.717) is 75.8 Å². The lowest BCUT2D eigenvalue weighted by molar-refractivity contribution is -0.127. The molecule has 0 spiro atoms. The van der Waals surface area contributed by atoms with Crippen LogP contribution in [0.15, 0.2) is 91.0 Å². The molecule has 0 aliphatic carbocycles. The lowest BCUT2D eigenvalue weighted by Crippen LogP contribution is -2.43. The number of ketones is 2. The van der Waals surface area contributed by atoms with Crippen molar-refractivity contribution in [3.8, 4) is 17.2 Å². The normalized spacial score (nSPS) is 17.1. The van der Waals surface area contributed by atoms with Crippen LogP contribution in [-0.4, -0.2) is 116 Å². The van der Waals surface area contributed by atoms with Gasteiger partial charge in [-0.15, -0.1) is 0 Å². The zero-order chi connectivity index (χ0) is 61.5. The van der Waals surface area contributed by atoms with Crippen molar-refractivity contribution in [2.75, 3.05) is 48.7 Å². The van der Waals surface area contributed by atoms with E-state index >= 15 is 0 Å². The van der Waals surface area contributed by atoms with Gasteiger partial charge in [-0.1, -0.05) is 58.0 Å². The number of para-hydroxylation sites is 2. The molecule has 86 heavy (non-hydrogen) atoms. The molecule has 19 nitrogen and oxygen atoms in total. The molecule has 4 aliphatic rings. The molecule has 0 aromatic heterocycles. The van der Waals surface area contributed by atoms with E-state index in [1.165, 1.54) is 35.7 Å². The topological polar surface area (TPSA) is 253 Å². The molecule has 456 valence electrons.